The molecule has 0 spiro atoms. The molecule has 126 valence electrons. The number of allylic oxidation sites excluding steroid dienone is 2. The molecule has 0 aliphatic carbocycles. The Kier molecular flexibility index (Phi) is 6.41. The molecule has 0 bridgehead atoms. The molecule has 0 atom stereocenters. The van der Waals surface area contributed by atoms with Crippen molar-refractivity contribution in [1.29, 1.82) is 0 Å². The van der Waals surface area contributed by atoms with E-state index in [-0.39, 0.29) is 0 Å². The Hall–Kier alpha value is -0.670. The van der Waals surface area contributed by atoms with E-state index in [0.717, 1.165) is 13.8 Å². The summed E-state index contributed by atoms with van der Waals surface area (Å²) in [5, 5.41) is 0. The van der Waals surface area contributed by atoms with Crippen molar-refractivity contribution >= 4 is 7.60 Å². The van der Waals surface area contributed by atoms with Crippen molar-refractivity contribution in [2.75, 3.05) is 13.2 Å². The van der Waals surface area contributed by atoms with E-state index in [9.17, 15) is 39.7 Å². The molecule has 0 heterocycles. The van der Waals surface area contributed by atoms with Gasteiger partial charge in [-0.3, -0.25) is 4.57 Å². The van der Waals surface area contributed by atoms with Gasteiger partial charge in [-0.05, 0) is 13.8 Å². The van der Waals surface area contributed by atoms with E-state index < -0.39 is 50.5 Å². The lowest BCUT2D eigenvalue weighted by Gasteiger charge is -2.28. The van der Waals surface area contributed by atoms with Crippen LogP contribution in [0.2, 0.25) is 0 Å². The van der Waals surface area contributed by atoms with Crippen LogP contribution in [0.3, 0.4) is 0 Å². The number of hydrogen-bond donors (Lipinski definition) is 0. The predicted molar refractivity (Wildman–Crippen MR) is 56.0 cm³/mol. The molecule has 0 saturated carbocycles. The van der Waals surface area contributed by atoms with Gasteiger partial charge in [0.1, 0.15) is 5.57 Å². The molecule has 12 heteroatoms. The van der Waals surface area contributed by atoms with Crippen LogP contribution in [0.1, 0.15) is 13.8 Å². The summed E-state index contributed by atoms with van der Waals surface area (Å²) in [5.41, 5.74) is -8.85. The average Bonchev–Trinajstić information content (AvgIpc) is 2.23. The quantitative estimate of drug-likeness (QED) is 0.388. The minimum atomic E-state index is -6.08. The highest BCUT2D eigenvalue weighted by molar-refractivity contribution is 7.55. The summed E-state index contributed by atoms with van der Waals surface area (Å²) in [6.45, 7) is 0.541. The van der Waals surface area contributed by atoms with E-state index in [2.05, 4.69) is 9.05 Å². The zero-order chi connectivity index (χ0) is 17.1. The molecule has 0 fully saturated rings. The first-order valence-corrected chi connectivity index (χ1v) is 6.89. The van der Waals surface area contributed by atoms with E-state index in [1.165, 1.54) is 0 Å². The molecule has 0 rings (SSSR count). The first-order valence-electron chi connectivity index (χ1n) is 5.35. The Labute approximate surface area is 114 Å². The van der Waals surface area contributed by atoms with Gasteiger partial charge in [0.15, 0.2) is 0 Å². The Bertz CT molecular complexity index is 416. The van der Waals surface area contributed by atoms with Crippen molar-refractivity contribution in [2.45, 2.75) is 31.9 Å². The molecule has 0 radical (unpaired) electrons. The lowest BCUT2D eigenvalue weighted by molar-refractivity contribution is -0.130. The fourth-order valence-electron chi connectivity index (χ4n) is 1.19. The summed E-state index contributed by atoms with van der Waals surface area (Å²) in [6.07, 6.45) is -13.4. The summed E-state index contributed by atoms with van der Waals surface area (Å²) in [5.74, 6) is 0. The van der Waals surface area contributed by atoms with Gasteiger partial charge in [0, 0.05) is 6.08 Å². The minimum Gasteiger partial charge on any atom is -0.304 e. The SMILES string of the molecule is CCOP(=O)(OCC)C(F)(F)C(=CC(F)(F)F)C(F)(F)F. The normalized spacial score (nSPS) is 15.4. The topological polar surface area (TPSA) is 35.5 Å². The van der Waals surface area contributed by atoms with Crippen LogP contribution >= 0.6 is 7.60 Å². The average molecular weight is 350 g/mol. The molecular weight excluding hydrogens is 339 g/mol. The van der Waals surface area contributed by atoms with Crippen LogP contribution in [0.25, 0.3) is 0 Å². The van der Waals surface area contributed by atoms with Crippen LogP contribution in [-0.2, 0) is 13.6 Å². The van der Waals surface area contributed by atoms with Crippen LogP contribution in [-0.4, -0.2) is 31.2 Å². The minimum absolute atomic E-state index is 0.746. The largest absolute Gasteiger partial charge is 0.419 e. The van der Waals surface area contributed by atoms with Crippen molar-refractivity contribution in [3.63, 3.8) is 0 Å². The van der Waals surface area contributed by atoms with Gasteiger partial charge < -0.3 is 9.05 Å². The predicted octanol–water partition coefficient (Wildman–Crippen LogP) is 4.90. The van der Waals surface area contributed by atoms with Crippen molar-refractivity contribution in [1.82, 2.24) is 0 Å². The fraction of sp³-hybridized carbons (Fsp3) is 0.778. The zero-order valence-electron chi connectivity index (χ0n) is 10.7. The van der Waals surface area contributed by atoms with Crippen LogP contribution in [0.15, 0.2) is 11.6 Å². The first kappa shape index (κ1) is 20.3. The zero-order valence-corrected chi connectivity index (χ0v) is 11.6. The highest BCUT2D eigenvalue weighted by Gasteiger charge is 2.64. The molecule has 0 amide bonds. The van der Waals surface area contributed by atoms with Crippen LogP contribution in [0, 0.1) is 0 Å². The summed E-state index contributed by atoms with van der Waals surface area (Å²) in [6, 6.07) is 0. The van der Waals surface area contributed by atoms with E-state index in [1.54, 1.807) is 0 Å². The molecule has 0 unspecified atom stereocenters. The molecule has 0 aromatic rings. The molecule has 21 heavy (non-hydrogen) atoms. The molecule has 0 saturated heterocycles. The van der Waals surface area contributed by atoms with Gasteiger partial charge in [-0.1, -0.05) is 0 Å². The van der Waals surface area contributed by atoms with E-state index in [4.69, 9.17) is 0 Å². The maximum absolute atomic E-state index is 13.7. The van der Waals surface area contributed by atoms with Crippen molar-refractivity contribution in [3.8, 4) is 0 Å². The lowest BCUT2D eigenvalue weighted by Crippen LogP contribution is -2.33. The molecule has 0 aromatic carbocycles. The molecular formula is C9H11F8O3P. The van der Waals surface area contributed by atoms with Crippen molar-refractivity contribution in [2.24, 2.45) is 0 Å². The summed E-state index contributed by atoms with van der Waals surface area (Å²) >= 11 is 0. The van der Waals surface area contributed by atoms with E-state index >= 15 is 0 Å². The number of hydrogen-bond acceptors (Lipinski definition) is 3. The van der Waals surface area contributed by atoms with E-state index in [0.29, 0.717) is 0 Å². The summed E-state index contributed by atoms with van der Waals surface area (Å²) in [7, 11) is -5.78. The maximum Gasteiger partial charge on any atom is 0.419 e. The monoisotopic (exact) mass is 350 g/mol. The van der Waals surface area contributed by atoms with Crippen molar-refractivity contribution in [3.05, 3.63) is 11.6 Å². The Balaban J connectivity index is 6.09. The molecule has 0 N–H and O–H groups in total. The van der Waals surface area contributed by atoms with Gasteiger partial charge in [0.05, 0.1) is 13.2 Å². The van der Waals surface area contributed by atoms with Crippen LogP contribution < -0.4 is 0 Å². The molecule has 3 nitrogen and oxygen atoms in total. The summed E-state index contributed by atoms with van der Waals surface area (Å²) < 4.78 is 121. The van der Waals surface area contributed by atoms with Gasteiger partial charge in [0.25, 0.3) is 0 Å². The highest BCUT2D eigenvalue weighted by Crippen LogP contribution is 2.66. The highest BCUT2D eigenvalue weighted by atomic mass is 31.2. The van der Waals surface area contributed by atoms with Gasteiger partial charge >= 0.3 is 25.6 Å². The summed E-state index contributed by atoms with van der Waals surface area (Å²) in [4.78, 5) is 0. The number of alkyl halides is 8. The van der Waals surface area contributed by atoms with Gasteiger partial charge in [-0.15, -0.1) is 0 Å². The maximum atomic E-state index is 13.7. The Morgan fingerprint density at radius 2 is 1.33 bits per heavy atom. The fourth-order valence-corrected chi connectivity index (χ4v) is 2.75. The van der Waals surface area contributed by atoms with Crippen LogP contribution in [0.4, 0.5) is 35.1 Å². The standard InChI is InChI=1S/C9H11F8O3P/c1-3-19-21(18,20-4-2)9(16,17)6(8(13,14)15)5-7(10,11)12/h5H,3-4H2,1-2H3. The second-order valence-corrected chi connectivity index (χ2v) is 5.54. The van der Waals surface area contributed by atoms with Gasteiger partial charge in [-0.25, -0.2) is 0 Å². The number of halogens is 8. The third-order valence-corrected chi connectivity index (χ3v) is 4.00. The number of rotatable bonds is 6. The van der Waals surface area contributed by atoms with Gasteiger partial charge in [-0.2, -0.15) is 35.1 Å². The van der Waals surface area contributed by atoms with Crippen molar-refractivity contribution < 1.29 is 48.7 Å². The third kappa shape index (κ3) is 5.23. The third-order valence-electron chi connectivity index (χ3n) is 1.88. The second kappa shape index (κ2) is 6.62. The molecule has 0 aromatic heterocycles. The van der Waals surface area contributed by atoms with Gasteiger partial charge in [0.2, 0.25) is 0 Å². The Morgan fingerprint density at radius 1 is 0.952 bits per heavy atom. The molecule has 0 aliphatic heterocycles. The second-order valence-electron chi connectivity index (χ2n) is 3.47. The Morgan fingerprint density at radius 3 is 1.57 bits per heavy atom. The van der Waals surface area contributed by atoms with Crippen LogP contribution in [0.5, 0.6) is 0 Å². The van der Waals surface area contributed by atoms with E-state index in [1.807, 2.05) is 0 Å². The molecule has 0 aliphatic rings. The smallest absolute Gasteiger partial charge is 0.304 e. The lowest BCUT2D eigenvalue weighted by atomic mass is 10.2. The first-order chi connectivity index (χ1) is 9.21.